The maximum atomic E-state index is 12.6. The Balaban J connectivity index is 1.96. The van der Waals surface area contributed by atoms with Crippen molar-refractivity contribution in [2.75, 3.05) is 10.6 Å². The summed E-state index contributed by atoms with van der Waals surface area (Å²) in [6.45, 7) is 3.93. The summed E-state index contributed by atoms with van der Waals surface area (Å²) in [4.78, 5) is 23.6. The van der Waals surface area contributed by atoms with Crippen LogP contribution in [0.3, 0.4) is 0 Å². The van der Waals surface area contributed by atoms with Crippen LogP contribution in [0.2, 0.25) is 0 Å². The lowest BCUT2D eigenvalue weighted by Gasteiger charge is -2.13. The zero-order valence-corrected chi connectivity index (χ0v) is 16.2. The van der Waals surface area contributed by atoms with Crippen LogP contribution in [0.1, 0.15) is 16.7 Å². The highest BCUT2D eigenvalue weighted by molar-refractivity contribution is 6.05. The van der Waals surface area contributed by atoms with Gasteiger partial charge in [0.05, 0.1) is 16.2 Å². The molecule has 0 bridgehead atoms. The van der Waals surface area contributed by atoms with Crippen molar-refractivity contribution >= 4 is 28.7 Å². The van der Waals surface area contributed by atoms with Crippen LogP contribution in [0.4, 0.5) is 17.1 Å². The van der Waals surface area contributed by atoms with Crippen molar-refractivity contribution in [3.8, 4) is 0 Å². The number of rotatable bonds is 6. The minimum atomic E-state index is -0.460. The van der Waals surface area contributed by atoms with Crippen molar-refractivity contribution in [2.24, 2.45) is 0 Å². The van der Waals surface area contributed by atoms with Crippen molar-refractivity contribution in [1.29, 1.82) is 0 Å². The number of para-hydroxylation sites is 1. The Morgan fingerprint density at radius 3 is 1.90 bits per heavy atom. The van der Waals surface area contributed by atoms with Gasteiger partial charge in [-0.25, -0.2) is 0 Å². The number of nitrogens with one attached hydrogen (secondary N) is 2. The molecule has 0 aliphatic heterocycles. The first-order valence-corrected chi connectivity index (χ1v) is 9.09. The monoisotopic (exact) mass is 387 g/mol. The molecule has 6 heteroatoms. The molecule has 0 atom stereocenters. The number of hydrogen-bond acceptors (Lipinski definition) is 4. The van der Waals surface area contributed by atoms with Crippen LogP contribution in [0, 0.1) is 24.0 Å². The van der Waals surface area contributed by atoms with Gasteiger partial charge in [-0.15, -0.1) is 0 Å². The fourth-order valence-electron chi connectivity index (χ4n) is 2.78. The number of carbonyl (C=O) groups excluding carboxylic acids is 1. The average molecular weight is 387 g/mol. The van der Waals surface area contributed by atoms with Gasteiger partial charge in [-0.05, 0) is 44.2 Å². The minimum Gasteiger partial charge on any atom is -0.355 e. The second kappa shape index (κ2) is 8.84. The molecular formula is C23H21N3O3. The number of amides is 1. The summed E-state index contributed by atoms with van der Waals surface area (Å²) in [5, 5.41) is 17.4. The molecule has 0 fully saturated rings. The molecule has 0 aliphatic rings. The van der Waals surface area contributed by atoms with E-state index in [2.05, 4.69) is 10.6 Å². The Kier molecular flexibility index (Phi) is 6.04. The smallest absolute Gasteiger partial charge is 0.278 e. The highest BCUT2D eigenvalue weighted by Crippen LogP contribution is 2.27. The van der Waals surface area contributed by atoms with Gasteiger partial charge in [-0.1, -0.05) is 47.5 Å². The lowest BCUT2D eigenvalue weighted by atomic mass is 10.1. The molecule has 0 aromatic heterocycles. The SMILES string of the molecule is Cc1ccc(NC(=O)C=C(Nc2ccc(C)cc2)c2ccccc2[N+](=O)[O-])cc1. The molecule has 3 aromatic carbocycles. The lowest BCUT2D eigenvalue weighted by Crippen LogP contribution is -2.12. The second-order valence-corrected chi connectivity index (χ2v) is 6.68. The van der Waals surface area contributed by atoms with Crippen LogP contribution < -0.4 is 10.6 Å². The summed E-state index contributed by atoms with van der Waals surface area (Å²) in [6, 6.07) is 21.3. The van der Waals surface area contributed by atoms with E-state index in [0.717, 1.165) is 16.8 Å². The third-order valence-electron chi connectivity index (χ3n) is 4.32. The van der Waals surface area contributed by atoms with Gasteiger partial charge in [0.15, 0.2) is 0 Å². The Hall–Kier alpha value is -3.93. The predicted molar refractivity (Wildman–Crippen MR) is 116 cm³/mol. The average Bonchev–Trinajstić information content (AvgIpc) is 2.71. The van der Waals surface area contributed by atoms with Crippen LogP contribution in [-0.2, 0) is 4.79 Å². The Labute approximate surface area is 169 Å². The fraction of sp³-hybridized carbons (Fsp3) is 0.0870. The molecule has 3 rings (SSSR count). The number of anilines is 2. The van der Waals surface area contributed by atoms with E-state index in [1.807, 2.05) is 50.2 Å². The number of nitrogens with zero attached hydrogens (tertiary/aromatic N) is 1. The maximum absolute atomic E-state index is 12.6. The number of benzene rings is 3. The van der Waals surface area contributed by atoms with Crippen LogP contribution in [0.15, 0.2) is 78.9 Å². The molecule has 146 valence electrons. The van der Waals surface area contributed by atoms with E-state index in [1.54, 1.807) is 30.3 Å². The molecule has 6 nitrogen and oxygen atoms in total. The van der Waals surface area contributed by atoms with Crippen molar-refractivity contribution in [3.63, 3.8) is 0 Å². The van der Waals surface area contributed by atoms with Crippen molar-refractivity contribution in [2.45, 2.75) is 13.8 Å². The molecule has 1 amide bonds. The zero-order chi connectivity index (χ0) is 20.8. The first-order valence-electron chi connectivity index (χ1n) is 9.09. The second-order valence-electron chi connectivity index (χ2n) is 6.68. The van der Waals surface area contributed by atoms with Crippen LogP contribution >= 0.6 is 0 Å². The summed E-state index contributed by atoms with van der Waals surface area (Å²) < 4.78 is 0. The molecule has 29 heavy (non-hydrogen) atoms. The molecule has 0 heterocycles. The van der Waals surface area contributed by atoms with Gasteiger partial charge in [-0.3, -0.25) is 14.9 Å². The van der Waals surface area contributed by atoms with E-state index in [-0.39, 0.29) is 11.6 Å². The molecule has 0 aliphatic carbocycles. The number of hydrogen-bond donors (Lipinski definition) is 2. The van der Waals surface area contributed by atoms with Gasteiger partial charge in [0, 0.05) is 23.5 Å². The normalized spacial score (nSPS) is 11.0. The maximum Gasteiger partial charge on any atom is 0.278 e. The van der Waals surface area contributed by atoms with Crippen LogP contribution in [0.5, 0.6) is 0 Å². The van der Waals surface area contributed by atoms with Gasteiger partial charge in [-0.2, -0.15) is 0 Å². The first-order chi connectivity index (χ1) is 13.9. The highest BCUT2D eigenvalue weighted by Gasteiger charge is 2.17. The number of nitro groups is 1. The van der Waals surface area contributed by atoms with Crippen molar-refractivity contribution in [1.82, 2.24) is 0 Å². The minimum absolute atomic E-state index is 0.0819. The predicted octanol–water partition coefficient (Wildman–Crippen LogP) is 5.30. The molecular weight excluding hydrogens is 366 g/mol. The Bertz CT molecular complexity index is 1060. The molecule has 3 aromatic rings. The number of carbonyl (C=O) groups is 1. The molecule has 0 saturated heterocycles. The standard InChI is InChI=1S/C23H21N3O3/c1-16-7-11-18(12-8-16)24-21(20-5-3-4-6-22(20)26(28)29)15-23(27)25-19-13-9-17(2)10-14-19/h3-15,24H,1-2H3,(H,25,27). The van der Waals surface area contributed by atoms with Crippen molar-refractivity contribution < 1.29 is 9.72 Å². The molecule has 0 unspecified atom stereocenters. The third-order valence-corrected chi connectivity index (χ3v) is 4.32. The number of aryl methyl sites for hydroxylation is 2. The van der Waals surface area contributed by atoms with Gasteiger partial charge >= 0.3 is 0 Å². The molecule has 0 saturated carbocycles. The summed E-state index contributed by atoms with van der Waals surface area (Å²) in [7, 11) is 0. The van der Waals surface area contributed by atoms with Gasteiger partial charge < -0.3 is 10.6 Å². The summed E-state index contributed by atoms with van der Waals surface area (Å²) >= 11 is 0. The quantitative estimate of drug-likeness (QED) is 0.341. The van der Waals surface area contributed by atoms with E-state index in [4.69, 9.17) is 0 Å². The highest BCUT2D eigenvalue weighted by atomic mass is 16.6. The van der Waals surface area contributed by atoms with E-state index in [1.165, 1.54) is 12.1 Å². The van der Waals surface area contributed by atoms with Gasteiger partial charge in [0.25, 0.3) is 5.69 Å². The van der Waals surface area contributed by atoms with Gasteiger partial charge in [0.2, 0.25) is 5.91 Å². The summed E-state index contributed by atoms with van der Waals surface area (Å²) in [5.74, 6) is -0.387. The van der Waals surface area contributed by atoms with Crippen molar-refractivity contribution in [3.05, 3.63) is 106 Å². The molecule has 0 spiro atoms. The van der Waals surface area contributed by atoms with E-state index >= 15 is 0 Å². The third kappa shape index (κ3) is 5.29. The number of nitro benzene ring substituents is 1. The lowest BCUT2D eigenvalue weighted by molar-refractivity contribution is -0.385. The first kappa shape index (κ1) is 19.8. The largest absolute Gasteiger partial charge is 0.355 e. The zero-order valence-electron chi connectivity index (χ0n) is 16.2. The summed E-state index contributed by atoms with van der Waals surface area (Å²) in [6.07, 6.45) is 1.34. The van der Waals surface area contributed by atoms with Crippen LogP contribution in [-0.4, -0.2) is 10.8 Å². The van der Waals surface area contributed by atoms with Crippen LogP contribution in [0.25, 0.3) is 5.70 Å². The van der Waals surface area contributed by atoms with E-state index in [9.17, 15) is 14.9 Å². The topological polar surface area (TPSA) is 84.3 Å². The van der Waals surface area contributed by atoms with E-state index < -0.39 is 4.92 Å². The summed E-state index contributed by atoms with van der Waals surface area (Å²) in [5.41, 5.74) is 4.13. The fourth-order valence-corrected chi connectivity index (χ4v) is 2.78. The molecule has 0 radical (unpaired) electrons. The Morgan fingerprint density at radius 1 is 0.828 bits per heavy atom. The molecule has 2 N–H and O–H groups in total. The Morgan fingerprint density at radius 2 is 1.34 bits per heavy atom. The van der Waals surface area contributed by atoms with E-state index in [0.29, 0.717) is 16.9 Å². The van der Waals surface area contributed by atoms with Gasteiger partial charge in [0.1, 0.15) is 0 Å².